The normalized spacial score (nSPS) is 33.7. The highest BCUT2D eigenvalue weighted by atomic mass is 16.1. The molecule has 2 fully saturated rings. The van der Waals surface area contributed by atoms with Crippen molar-refractivity contribution in [3.8, 4) is 0 Å². The Balaban J connectivity index is 1.65. The summed E-state index contributed by atoms with van der Waals surface area (Å²) in [5, 5.41) is 3.73. The monoisotopic (exact) mass is 285 g/mol. The molecule has 0 saturated heterocycles. The van der Waals surface area contributed by atoms with E-state index in [4.69, 9.17) is 0 Å². The Hall–Kier alpha value is -1.71. The lowest BCUT2D eigenvalue weighted by molar-refractivity contribution is 0.142. The van der Waals surface area contributed by atoms with E-state index in [0.717, 1.165) is 22.6 Å². The molecule has 1 aromatic heterocycles. The average Bonchev–Trinajstić information content (AvgIpc) is 2.95. The molecule has 2 aliphatic carbocycles. The fraction of sp³-hybridized carbons (Fsp3) is 0.588. The first-order chi connectivity index (χ1) is 9.90. The summed E-state index contributed by atoms with van der Waals surface area (Å²) in [5.74, 6) is 0.829. The maximum Gasteiger partial charge on any atom is 0.323 e. The van der Waals surface area contributed by atoms with Crippen molar-refractivity contribution in [3.63, 3.8) is 0 Å². The van der Waals surface area contributed by atoms with Gasteiger partial charge < -0.3 is 15.3 Å². The van der Waals surface area contributed by atoms with Crippen molar-refractivity contribution in [2.75, 3.05) is 5.32 Å². The zero-order chi connectivity index (χ0) is 14.8. The minimum absolute atomic E-state index is 0.143. The number of anilines is 1. The second kappa shape index (κ2) is 3.93. The number of fused-ring (bicyclic) bond motifs is 3. The zero-order valence-electron chi connectivity index (χ0n) is 12.9. The summed E-state index contributed by atoms with van der Waals surface area (Å²) < 4.78 is 0. The molecule has 0 radical (unpaired) electrons. The Kier molecular flexibility index (Phi) is 2.43. The molecule has 3 N–H and O–H groups in total. The number of aromatic amines is 2. The van der Waals surface area contributed by atoms with Crippen molar-refractivity contribution < 1.29 is 0 Å². The first kappa shape index (κ1) is 13.0. The Bertz CT molecular complexity index is 757. The number of hydrogen-bond donors (Lipinski definition) is 3. The third-order valence-corrected chi connectivity index (χ3v) is 6.65. The Labute approximate surface area is 124 Å². The summed E-state index contributed by atoms with van der Waals surface area (Å²) in [6.45, 7) is 7.30. The standard InChI is InChI=1S/C17H23N3O/c1-16(2)10-6-7-17(16,3)14(8-10)18-11-4-5-12-13(9-11)20-15(21)19-12/h4-5,9-10,14,18H,6-8H2,1-3H3,(H2,19,20,21). The van der Waals surface area contributed by atoms with Crippen LogP contribution >= 0.6 is 0 Å². The van der Waals surface area contributed by atoms with Crippen LogP contribution < -0.4 is 11.0 Å². The second-order valence-corrected chi connectivity index (χ2v) is 7.65. The number of aromatic nitrogens is 2. The SMILES string of the molecule is CC1(C)C2CCC1(C)C(Nc1ccc3[nH]c(=O)[nH]c3c1)C2. The molecule has 2 bridgehead atoms. The summed E-state index contributed by atoms with van der Waals surface area (Å²) in [6, 6.07) is 6.59. The highest BCUT2D eigenvalue weighted by molar-refractivity contribution is 5.78. The summed E-state index contributed by atoms with van der Waals surface area (Å²) >= 11 is 0. The van der Waals surface area contributed by atoms with E-state index in [2.05, 4.69) is 42.1 Å². The third kappa shape index (κ3) is 1.65. The van der Waals surface area contributed by atoms with E-state index in [-0.39, 0.29) is 5.69 Å². The zero-order valence-corrected chi connectivity index (χ0v) is 12.9. The van der Waals surface area contributed by atoms with Crippen LogP contribution in [0.15, 0.2) is 23.0 Å². The first-order valence-electron chi connectivity index (χ1n) is 7.89. The summed E-state index contributed by atoms with van der Waals surface area (Å²) in [6.07, 6.45) is 3.93. The van der Waals surface area contributed by atoms with Crippen molar-refractivity contribution >= 4 is 16.7 Å². The molecule has 1 heterocycles. The van der Waals surface area contributed by atoms with Crippen molar-refractivity contribution in [1.29, 1.82) is 0 Å². The van der Waals surface area contributed by atoms with Gasteiger partial charge in [0.1, 0.15) is 0 Å². The van der Waals surface area contributed by atoms with Crippen LogP contribution in [-0.2, 0) is 0 Å². The number of benzene rings is 1. The minimum Gasteiger partial charge on any atom is -0.382 e. The van der Waals surface area contributed by atoms with Gasteiger partial charge >= 0.3 is 5.69 Å². The highest BCUT2D eigenvalue weighted by Gasteiger charge is 2.61. The summed E-state index contributed by atoms with van der Waals surface area (Å²) in [4.78, 5) is 17.0. The molecule has 3 atom stereocenters. The Morgan fingerprint density at radius 2 is 1.95 bits per heavy atom. The number of imidazole rings is 1. The third-order valence-electron chi connectivity index (χ3n) is 6.65. The van der Waals surface area contributed by atoms with Gasteiger partial charge in [-0.2, -0.15) is 0 Å². The molecule has 1 aromatic carbocycles. The van der Waals surface area contributed by atoms with Crippen LogP contribution in [0.1, 0.15) is 40.0 Å². The van der Waals surface area contributed by atoms with Gasteiger partial charge in [-0.1, -0.05) is 20.8 Å². The van der Waals surface area contributed by atoms with Gasteiger partial charge in [0, 0.05) is 11.7 Å². The fourth-order valence-electron chi connectivity index (χ4n) is 4.75. The van der Waals surface area contributed by atoms with Gasteiger partial charge in [0.25, 0.3) is 0 Å². The van der Waals surface area contributed by atoms with E-state index >= 15 is 0 Å². The Morgan fingerprint density at radius 1 is 1.19 bits per heavy atom. The molecule has 4 nitrogen and oxygen atoms in total. The van der Waals surface area contributed by atoms with Gasteiger partial charge in [0.2, 0.25) is 0 Å². The van der Waals surface area contributed by atoms with E-state index in [1.165, 1.54) is 19.3 Å². The topological polar surface area (TPSA) is 60.7 Å². The van der Waals surface area contributed by atoms with Crippen molar-refractivity contribution in [2.45, 2.75) is 46.1 Å². The lowest BCUT2D eigenvalue weighted by Crippen LogP contribution is -2.40. The van der Waals surface area contributed by atoms with E-state index < -0.39 is 0 Å². The molecule has 0 aliphatic heterocycles. The predicted octanol–water partition coefficient (Wildman–Crippen LogP) is 3.48. The van der Waals surface area contributed by atoms with Crippen LogP contribution in [0.2, 0.25) is 0 Å². The molecule has 2 aromatic rings. The summed E-state index contributed by atoms with van der Waals surface area (Å²) in [7, 11) is 0. The summed E-state index contributed by atoms with van der Waals surface area (Å²) in [5.41, 5.74) is 3.47. The highest BCUT2D eigenvalue weighted by Crippen LogP contribution is 2.65. The molecule has 112 valence electrons. The number of nitrogens with one attached hydrogen (secondary N) is 3. The smallest absolute Gasteiger partial charge is 0.323 e. The van der Waals surface area contributed by atoms with E-state index in [1.807, 2.05) is 12.1 Å². The van der Waals surface area contributed by atoms with Crippen molar-refractivity contribution in [1.82, 2.24) is 9.97 Å². The van der Waals surface area contributed by atoms with E-state index in [0.29, 0.717) is 16.9 Å². The number of rotatable bonds is 2. The molecule has 2 aliphatic rings. The lowest BCUT2D eigenvalue weighted by atomic mass is 9.69. The van der Waals surface area contributed by atoms with Gasteiger partial charge in [-0.15, -0.1) is 0 Å². The molecule has 4 rings (SSSR count). The van der Waals surface area contributed by atoms with Gasteiger partial charge in [-0.25, -0.2) is 4.79 Å². The van der Waals surface area contributed by atoms with Crippen LogP contribution in [0.5, 0.6) is 0 Å². The maximum absolute atomic E-state index is 11.4. The van der Waals surface area contributed by atoms with Gasteiger partial charge in [-0.05, 0) is 54.2 Å². The number of H-pyrrole nitrogens is 2. The second-order valence-electron chi connectivity index (χ2n) is 7.65. The molecule has 21 heavy (non-hydrogen) atoms. The van der Waals surface area contributed by atoms with Gasteiger partial charge in [0.05, 0.1) is 11.0 Å². The molecular weight excluding hydrogens is 262 g/mol. The molecule has 4 heteroatoms. The van der Waals surface area contributed by atoms with Crippen LogP contribution in [-0.4, -0.2) is 16.0 Å². The first-order valence-corrected chi connectivity index (χ1v) is 7.89. The minimum atomic E-state index is -0.143. The van der Waals surface area contributed by atoms with Crippen molar-refractivity contribution in [3.05, 3.63) is 28.7 Å². The maximum atomic E-state index is 11.4. The van der Waals surface area contributed by atoms with Crippen LogP contribution in [0.3, 0.4) is 0 Å². The molecule has 0 spiro atoms. The number of hydrogen-bond acceptors (Lipinski definition) is 2. The fourth-order valence-corrected chi connectivity index (χ4v) is 4.75. The van der Waals surface area contributed by atoms with Gasteiger partial charge in [-0.3, -0.25) is 0 Å². The molecular formula is C17H23N3O. The van der Waals surface area contributed by atoms with E-state index in [9.17, 15) is 4.79 Å². The largest absolute Gasteiger partial charge is 0.382 e. The quantitative estimate of drug-likeness (QED) is 0.791. The van der Waals surface area contributed by atoms with Crippen LogP contribution in [0.4, 0.5) is 5.69 Å². The van der Waals surface area contributed by atoms with Crippen LogP contribution in [0, 0.1) is 16.7 Å². The van der Waals surface area contributed by atoms with Crippen LogP contribution in [0.25, 0.3) is 11.0 Å². The van der Waals surface area contributed by atoms with Gasteiger partial charge in [0.15, 0.2) is 0 Å². The van der Waals surface area contributed by atoms with Crippen molar-refractivity contribution in [2.24, 2.45) is 16.7 Å². The lowest BCUT2D eigenvalue weighted by Gasteiger charge is -2.40. The predicted molar refractivity (Wildman–Crippen MR) is 85.6 cm³/mol. The average molecular weight is 285 g/mol. The molecule has 2 saturated carbocycles. The Morgan fingerprint density at radius 3 is 2.62 bits per heavy atom. The molecule has 3 unspecified atom stereocenters. The van der Waals surface area contributed by atoms with E-state index in [1.54, 1.807) is 0 Å². The molecule has 0 amide bonds.